The number of nitrogens with one attached hydrogen (secondary N) is 1. The van der Waals surface area contributed by atoms with Gasteiger partial charge in [0, 0.05) is 11.3 Å². The molecule has 2 nitrogen and oxygen atoms in total. The Labute approximate surface area is 95.0 Å². The van der Waals surface area contributed by atoms with E-state index in [9.17, 15) is 4.79 Å². The van der Waals surface area contributed by atoms with E-state index in [0.717, 1.165) is 23.2 Å². The predicted molar refractivity (Wildman–Crippen MR) is 65.8 cm³/mol. The molecule has 1 aromatic heterocycles. The van der Waals surface area contributed by atoms with Crippen molar-refractivity contribution in [3.8, 4) is 0 Å². The standard InChI is InChI=1S/C14H15NO/c1-10-8-13(11(2)14(16)15-10)9-12-6-4-3-5-7-12/h3-8H,9H2,1-2H3,(H,15,16). The zero-order valence-corrected chi connectivity index (χ0v) is 9.58. The quantitative estimate of drug-likeness (QED) is 0.817. The third kappa shape index (κ3) is 2.22. The van der Waals surface area contributed by atoms with Crippen LogP contribution in [0.15, 0.2) is 41.2 Å². The van der Waals surface area contributed by atoms with Crippen molar-refractivity contribution in [2.75, 3.05) is 0 Å². The lowest BCUT2D eigenvalue weighted by atomic mass is 10.0. The number of aromatic amines is 1. The summed E-state index contributed by atoms with van der Waals surface area (Å²) in [7, 11) is 0. The van der Waals surface area contributed by atoms with Crippen LogP contribution in [0, 0.1) is 13.8 Å². The van der Waals surface area contributed by atoms with Crippen LogP contribution < -0.4 is 5.56 Å². The van der Waals surface area contributed by atoms with Crippen molar-refractivity contribution in [3.05, 3.63) is 69.1 Å². The molecule has 1 N–H and O–H groups in total. The van der Waals surface area contributed by atoms with Crippen LogP contribution in [0.25, 0.3) is 0 Å². The molecule has 2 aromatic rings. The highest BCUT2D eigenvalue weighted by Crippen LogP contribution is 2.11. The fourth-order valence-electron chi connectivity index (χ4n) is 1.82. The van der Waals surface area contributed by atoms with E-state index in [0.29, 0.717) is 0 Å². The van der Waals surface area contributed by atoms with Gasteiger partial charge in [0.05, 0.1) is 0 Å². The third-order valence-electron chi connectivity index (χ3n) is 2.76. The SMILES string of the molecule is Cc1cc(Cc2ccccc2)c(C)c(=O)[nH]1. The molecule has 0 unspecified atom stereocenters. The summed E-state index contributed by atoms with van der Waals surface area (Å²) in [6.07, 6.45) is 0.817. The van der Waals surface area contributed by atoms with Gasteiger partial charge in [-0.1, -0.05) is 30.3 Å². The van der Waals surface area contributed by atoms with E-state index in [1.54, 1.807) is 0 Å². The zero-order chi connectivity index (χ0) is 11.5. The summed E-state index contributed by atoms with van der Waals surface area (Å²) in [4.78, 5) is 14.4. The van der Waals surface area contributed by atoms with Crippen LogP contribution in [0.1, 0.15) is 22.4 Å². The first kappa shape index (κ1) is 10.7. The van der Waals surface area contributed by atoms with E-state index in [4.69, 9.17) is 0 Å². The van der Waals surface area contributed by atoms with E-state index in [1.807, 2.05) is 38.1 Å². The molecule has 0 aliphatic carbocycles. The Kier molecular flexibility index (Phi) is 2.91. The summed E-state index contributed by atoms with van der Waals surface area (Å²) in [6, 6.07) is 12.2. The van der Waals surface area contributed by atoms with Gasteiger partial charge in [-0.05, 0) is 37.5 Å². The minimum atomic E-state index is 0.0194. The minimum absolute atomic E-state index is 0.0194. The van der Waals surface area contributed by atoms with Crippen LogP contribution in [0.4, 0.5) is 0 Å². The smallest absolute Gasteiger partial charge is 0.251 e. The van der Waals surface area contributed by atoms with Gasteiger partial charge in [0.15, 0.2) is 0 Å². The molecule has 2 heteroatoms. The van der Waals surface area contributed by atoms with Crippen molar-refractivity contribution in [3.63, 3.8) is 0 Å². The van der Waals surface area contributed by atoms with Gasteiger partial charge in [0.25, 0.3) is 5.56 Å². The van der Waals surface area contributed by atoms with Crippen molar-refractivity contribution < 1.29 is 0 Å². The molecule has 0 aliphatic rings. The van der Waals surface area contributed by atoms with Gasteiger partial charge in [-0.15, -0.1) is 0 Å². The van der Waals surface area contributed by atoms with E-state index in [1.165, 1.54) is 5.56 Å². The van der Waals surface area contributed by atoms with Crippen LogP contribution in [-0.4, -0.2) is 4.98 Å². The van der Waals surface area contributed by atoms with Crippen LogP contribution in [0.2, 0.25) is 0 Å². The summed E-state index contributed by atoms with van der Waals surface area (Å²) in [5, 5.41) is 0. The Morgan fingerprint density at radius 3 is 2.50 bits per heavy atom. The number of aryl methyl sites for hydroxylation is 1. The molecule has 0 amide bonds. The molecule has 2 rings (SSSR count). The number of pyridine rings is 1. The van der Waals surface area contributed by atoms with E-state index in [-0.39, 0.29) is 5.56 Å². The molecule has 16 heavy (non-hydrogen) atoms. The Morgan fingerprint density at radius 2 is 1.81 bits per heavy atom. The fourth-order valence-corrected chi connectivity index (χ4v) is 1.82. The first-order valence-corrected chi connectivity index (χ1v) is 5.40. The molecule has 0 fully saturated rings. The van der Waals surface area contributed by atoms with Crippen LogP contribution >= 0.6 is 0 Å². The Morgan fingerprint density at radius 1 is 1.12 bits per heavy atom. The number of H-pyrrole nitrogens is 1. The van der Waals surface area contributed by atoms with Gasteiger partial charge in [0.1, 0.15) is 0 Å². The van der Waals surface area contributed by atoms with Crippen LogP contribution in [-0.2, 0) is 6.42 Å². The van der Waals surface area contributed by atoms with Gasteiger partial charge in [0.2, 0.25) is 0 Å². The average Bonchev–Trinajstić information content (AvgIpc) is 2.27. The lowest BCUT2D eigenvalue weighted by Gasteiger charge is -2.06. The molecule has 82 valence electrons. The number of benzene rings is 1. The monoisotopic (exact) mass is 213 g/mol. The first-order valence-electron chi connectivity index (χ1n) is 5.40. The summed E-state index contributed by atoms with van der Waals surface area (Å²) >= 11 is 0. The highest BCUT2D eigenvalue weighted by molar-refractivity contribution is 5.31. The zero-order valence-electron chi connectivity index (χ0n) is 9.58. The van der Waals surface area contributed by atoms with Crippen molar-refractivity contribution >= 4 is 0 Å². The first-order chi connectivity index (χ1) is 7.66. The number of hydrogen-bond donors (Lipinski definition) is 1. The second-order valence-corrected chi connectivity index (χ2v) is 4.09. The third-order valence-corrected chi connectivity index (χ3v) is 2.76. The molecule has 0 bridgehead atoms. The van der Waals surface area contributed by atoms with E-state index < -0.39 is 0 Å². The lowest BCUT2D eigenvalue weighted by molar-refractivity contribution is 1.04. The highest BCUT2D eigenvalue weighted by Gasteiger charge is 2.04. The molecule has 1 heterocycles. The second kappa shape index (κ2) is 4.35. The Hall–Kier alpha value is -1.83. The topological polar surface area (TPSA) is 32.9 Å². The normalized spacial score (nSPS) is 10.4. The molecule has 1 aromatic carbocycles. The Balaban J connectivity index is 2.39. The van der Waals surface area contributed by atoms with Gasteiger partial charge >= 0.3 is 0 Å². The predicted octanol–water partition coefficient (Wildman–Crippen LogP) is 2.58. The number of rotatable bonds is 2. The molecular weight excluding hydrogens is 198 g/mol. The van der Waals surface area contributed by atoms with Crippen LogP contribution in [0.5, 0.6) is 0 Å². The molecule has 0 radical (unpaired) electrons. The maximum absolute atomic E-state index is 11.6. The molecule has 0 saturated heterocycles. The average molecular weight is 213 g/mol. The minimum Gasteiger partial charge on any atom is -0.326 e. The highest BCUT2D eigenvalue weighted by atomic mass is 16.1. The second-order valence-electron chi connectivity index (χ2n) is 4.09. The summed E-state index contributed by atoms with van der Waals surface area (Å²) in [5.41, 5.74) is 4.09. The van der Waals surface area contributed by atoms with Crippen LogP contribution in [0.3, 0.4) is 0 Å². The maximum Gasteiger partial charge on any atom is 0.251 e. The van der Waals surface area contributed by atoms with E-state index in [2.05, 4.69) is 17.1 Å². The van der Waals surface area contributed by atoms with E-state index >= 15 is 0 Å². The van der Waals surface area contributed by atoms with Crippen molar-refractivity contribution in [2.45, 2.75) is 20.3 Å². The summed E-state index contributed by atoms with van der Waals surface area (Å²) < 4.78 is 0. The number of hydrogen-bond acceptors (Lipinski definition) is 1. The van der Waals surface area contributed by atoms with Gasteiger partial charge in [-0.2, -0.15) is 0 Å². The number of aromatic nitrogens is 1. The molecule has 0 saturated carbocycles. The van der Waals surface area contributed by atoms with Gasteiger partial charge < -0.3 is 4.98 Å². The van der Waals surface area contributed by atoms with Crippen molar-refractivity contribution in [1.29, 1.82) is 0 Å². The maximum atomic E-state index is 11.6. The van der Waals surface area contributed by atoms with Crippen molar-refractivity contribution in [2.24, 2.45) is 0 Å². The molecule has 0 aliphatic heterocycles. The van der Waals surface area contributed by atoms with Crippen molar-refractivity contribution in [1.82, 2.24) is 4.98 Å². The summed E-state index contributed by atoms with van der Waals surface area (Å²) in [5.74, 6) is 0. The summed E-state index contributed by atoms with van der Waals surface area (Å²) in [6.45, 7) is 3.78. The fraction of sp³-hybridized carbons (Fsp3) is 0.214. The molecule has 0 spiro atoms. The van der Waals surface area contributed by atoms with Gasteiger partial charge in [-0.3, -0.25) is 4.79 Å². The molecular formula is C14H15NO. The van der Waals surface area contributed by atoms with Gasteiger partial charge in [-0.25, -0.2) is 0 Å². The molecule has 0 atom stereocenters. The lowest BCUT2D eigenvalue weighted by Crippen LogP contribution is -2.13. The largest absolute Gasteiger partial charge is 0.326 e. The Bertz CT molecular complexity index is 540.